The van der Waals surface area contributed by atoms with Gasteiger partial charge in [0, 0.05) is 24.0 Å². The lowest BCUT2D eigenvalue weighted by atomic mass is 10.0. The molecule has 1 saturated heterocycles. The molecule has 0 radical (unpaired) electrons. The number of rotatable bonds is 3. The maximum Gasteiger partial charge on any atom is 0.257 e. The molecule has 21 heavy (non-hydrogen) atoms. The number of hydrogen-bond donors (Lipinski definition) is 1. The number of hydrogen-bond acceptors (Lipinski definition) is 3. The first-order valence-electron chi connectivity index (χ1n) is 7.28. The number of Topliss-reactive ketones (excluding diaryl/α,β-unsaturated/α-hetero) is 1. The van der Waals surface area contributed by atoms with E-state index in [1.54, 1.807) is 17.9 Å². The van der Waals surface area contributed by atoms with Crippen LogP contribution in [0.4, 0.5) is 0 Å². The van der Waals surface area contributed by atoms with Gasteiger partial charge in [0.2, 0.25) is 0 Å². The van der Waals surface area contributed by atoms with Gasteiger partial charge >= 0.3 is 0 Å². The van der Waals surface area contributed by atoms with Crippen LogP contribution in [0.3, 0.4) is 0 Å². The zero-order valence-corrected chi connectivity index (χ0v) is 12.9. The molecule has 1 amide bonds. The molecule has 1 aliphatic heterocycles. The van der Waals surface area contributed by atoms with Gasteiger partial charge in [-0.1, -0.05) is 24.4 Å². The van der Waals surface area contributed by atoms with E-state index < -0.39 is 0 Å². The number of benzene rings is 1. The molecule has 0 aromatic heterocycles. The van der Waals surface area contributed by atoms with Gasteiger partial charge < -0.3 is 10.0 Å². The van der Waals surface area contributed by atoms with E-state index in [0.29, 0.717) is 18.0 Å². The molecular weight excluding hydrogens is 290 g/mol. The van der Waals surface area contributed by atoms with E-state index in [9.17, 15) is 14.7 Å². The summed E-state index contributed by atoms with van der Waals surface area (Å²) in [5.74, 6) is -0.242. The van der Waals surface area contributed by atoms with Crippen molar-refractivity contribution in [1.29, 1.82) is 0 Å². The highest BCUT2D eigenvalue weighted by Crippen LogP contribution is 2.27. The number of aromatic hydroxyl groups is 1. The standard InChI is InChI=1S/C16H20ClNO3/c1-11(19)9-13-5-3-2-4-8-18(13)16(21)14-10-12(17)6-7-15(14)20/h6-7,10,13,20H,2-5,8-9H2,1H3. The second-order valence-corrected chi connectivity index (χ2v) is 6.01. The molecule has 1 atom stereocenters. The molecule has 1 heterocycles. The Kier molecular flexibility index (Phi) is 5.23. The van der Waals surface area contributed by atoms with Crippen molar-refractivity contribution in [3.63, 3.8) is 0 Å². The van der Waals surface area contributed by atoms with E-state index in [-0.39, 0.29) is 29.0 Å². The molecule has 5 heteroatoms. The molecule has 0 saturated carbocycles. The van der Waals surface area contributed by atoms with Crippen molar-refractivity contribution in [2.45, 2.75) is 45.1 Å². The number of phenols is 1. The third-order valence-corrected chi connectivity index (χ3v) is 4.09. The van der Waals surface area contributed by atoms with Crippen LogP contribution in [0.1, 0.15) is 49.4 Å². The van der Waals surface area contributed by atoms with Gasteiger partial charge in [0.15, 0.2) is 0 Å². The van der Waals surface area contributed by atoms with Gasteiger partial charge in [0.1, 0.15) is 11.5 Å². The highest BCUT2D eigenvalue weighted by molar-refractivity contribution is 6.31. The van der Waals surface area contributed by atoms with Gasteiger partial charge in [0.25, 0.3) is 5.91 Å². The Hall–Kier alpha value is -1.55. The quantitative estimate of drug-likeness (QED) is 0.931. The van der Waals surface area contributed by atoms with Crippen molar-refractivity contribution < 1.29 is 14.7 Å². The number of carbonyl (C=O) groups is 2. The summed E-state index contributed by atoms with van der Waals surface area (Å²) in [5.41, 5.74) is 0.206. The summed E-state index contributed by atoms with van der Waals surface area (Å²) in [6.45, 7) is 2.16. The van der Waals surface area contributed by atoms with Gasteiger partial charge in [-0.05, 0) is 38.0 Å². The Balaban J connectivity index is 2.28. The zero-order valence-electron chi connectivity index (χ0n) is 12.1. The molecule has 1 unspecified atom stereocenters. The minimum Gasteiger partial charge on any atom is -0.507 e. The van der Waals surface area contributed by atoms with Crippen LogP contribution in [0.15, 0.2) is 18.2 Å². The van der Waals surface area contributed by atoms with E-state index in [0.717, 1.165) is 25.7 Å². The third kappa shape index (κ3) is 3.97. The summed E-state index contributed by atoms with van der Waals surface area (Å²) in [4.78, 5) is 25.9. The van der Waals surface area contributed by atoms with Crippen LogP contribution in [-0.4, -0.2) is 34.3 Å². The number of ketones is 1. The minimum absolute atomic E-state index is 0.0739. The lowest BCUT2D eigenvalue weighted by Crippen LogP contribution is -2.41. The molecule has 1 N–H and O–H groups in total. The van der Waals surface area contributed by atoms with Crippen LogP contribution in [0.2, 0.25) is 5.02 Å². The van der Waals surface area contributed by atoms with Crippen molar-refractivity contribution >= 4 is 23.3 Å². The van der Waals surface area contributed by atoms with Crippen LogP contribution in [0, 0.1) is 0 Å². The lowest BCUT2D eigenvalue weighted by molar-refractivity contribution is -0.118. The minimum atomic E-state index is -0.247. The Labute approximate surface area is 129 Å². The Bertz CT molecular complexity index is 544. The average molecular weight is 310 g/mol. The normalized spacial score (nSPS) is 19.1. The van der Waals surface area contributed by atoms with E-state index in [1.807, 2.05) is 0 Å². The molecule has 0 bridgehead atoms. The zero-order chi connectivity index (χ0) is 15.4. The molecular formula is C16H20ClNO3. The topological polar surface area (TPSA) is 57.6 Å². The molecule has 1 aromatic rings. The monoisotopic (exact) mass is 309 g/mol. The molecule has 114 valence electrons. The van der Waals surface area contributed by atoms with Gasteiger partial charge in [-0.3, -0.25) is 9.59 Å². The van der Waals surface area contributed by atoms with Crippen molar-refractivity contribution in [2.75, 3.05) is 6.54 Å². The van der Waals surface area contributed by atoms with Gasteiger partial charge in [-0.25, -0.2) is 0 Å². The summed E-state index contributed by atoms with van der Waals surface area (Å²) < 4.78 is 0. The fourth-order valence-corrected chi connectivity index (χ4v) is 3.00. The highest BCUT2D eigenvalue weighted by atomic mass is 35.5. The lowest BCUT2D eigenvalue weighted by Gasteiger charge is -2.29. The number of amides is 1. The Morgan fingerprint density at radius 3 is 2.81 bits per heavy atom. The average Bonchev–Trinajstić information content (AvgIpc) is 2.65. The van der Waals surface area contributed by atoms with Crippen molar-refractivity contribution in [3.8, 4) is 5.75 Å². The summed E-state index contributed by atoms with van der Waals surface area (Å²) >= 11 is 5.92. The number of likely N-dealkylation sites (tertiary alicyclic amines) is 1. The molecule has 0 aliphatic carbocycles. The number of carbonyl (C=O) groups excluding carboxylic acids is 2. The van der Waals surface area contributed by atoms with E-state index in [2.05, 4.69) is 0 Å². The van der Waals surface area contributed by atoms with E-state index in [1.165, 1.54) is 12.1 Å². The second kappa shape index (κ2) is 6.94. The number of nitrogens with zero attached hydrogens (tertiary/aromatic N) is 1. The number of phenolic OH excluding ortho intramolecular Hbond substituents is 1. The Morgan fingerprint density at radius 1 is 1.33 bits per heavy atom. The van der Waals surface area contributed by atoms with Crippen molar-refractivity contribution in [2.24, 2.45) is 0 Å². The van der Waals surface area contributed by atoms with Crippen molar-refractivity contribution in [3.05, 3.63) is 28.8 Å². The van der Waals surface area contributed by atoms with Crippen LogP contribution in [0.25, 0.3) is 0 Å². The van der Waals surface area contributed by atoms with Crippen LogP contribution >= 0.6 is 11.6 Å². The first kappa shape index (κ1) is 15.8. The van der Waals surface area contributed by atoms with Gasteiger partial charge in [-0.15, -0.1) is 0 Å². The third-order valence-electron chi connectivity index (χ3n) is 3.85. The fraction of sp³-hybridized carbons (Fsp3) is 0.500. The second-order valence-electron chi connectivity index (χ2n) is 5.57. The predicted molar refractivity (Wildman–Crippen MR) is 81.7 cm³/mol. The smallest absolute Gasteiger partial charge is 0.257 e. The Morgan fingerprint density at radius 2 is 2.10 bits per heavy atom. The summed E-state index contributed by atoms with van der Waals surface area (Å²) in [5, 5.41) is 10.3. The molecule has 0 spiro atoms. The van der Waals surface area contributed by atoms with Crippen LogP contribution < -0.4 is 0 Å². The molecule has 1 fully saturated rings. The van der Waals surface area contributed by atoms with E-state index in [4.69, 9.17) is 11.6 Å². The molecule has 1 aromatic carbocycles. The fourth-order valence-electron chi connectivity index (χ4n) is 2.82. The number of halogens is 1. The molecule has 4 nitrogen and oxygen atoms in total. The summed E-state index contributed by atoms with van der Waals surface area (Å²) in [7, 11) is 0. The first-order valence-corrected chi connectivity index (χ1v) is 7.65. The predicted octanol–water partition coefficient (Wildman–Crippen LogP) is 3.41. The van der Waals surface area contributed by atoms with Crippen LogP contribution in [0.5, 0.6) is 5.75 Å². The first-order chi connectivity index (χ1) is 9.99. The molecule has 1 aliphatic rings. The summed E-state index contributed by atoms with van der Waals surface area (Å²) in [6.07, 6.45) is 4.18. The van der Waals surface area contributed by atoms with E-state index >= 15 is 0 Å². The highest BCUT2D eigenvalue weighted by Gasteiger charge is 2.28. The van der Waals surface area contributed by atoms with Crippen molar-refractivity contribution in [1.82, 2.24) is 4.90 Å². The summed E-state index contributed by atoms with van der Waals surface area (Å²) in [6, 6.07) is 4.36. The maximum absolute atomic E-state index is 12.7. The molecule has 2 rings (SSSR count). The SMILES string of the molecule is CC(=O)CC1CCCCCN1C(=O)c1cc(Cl)ccc1O. The van der Waals surface area contributed by atoms with Crippen LogP contribution in [-0.2, 0) is 4.79 Å². The van der Waals surface area contributed by atoms with Gasteiger partial charge in [-0.2, -0.15) is 0 Å². The largest absolute Gasteiger partial charge is 0.507 e. The van der Waals surface area contributed by atoms with Gasteiger partial charge in [0.05, 0.1) is 5.56 Å². The maximum atomic E-state index is 12.7.